The minimum atomic E-state index is -0.427. The lowest BCUT2D eigenvalue weighted by Gasteiger charge is -2.13. The molecule has 5 nitrogen and oxygen atoms in total. The van der Waals surface area contributed by atoms with Crippen LogP contribution in [-0.2, 0) is 7.05 Å². The van der Waals surface area contributed by atoms with Gasteiger partial charge in [-0.1, -0.05) is 95.5 Å². The van der Waals surface area contributed by atoms with Gasteiger partial charge in [-0.3, -0.25) is 9.48 Å². The molecule has 0 atom stereocenters. The molecule has 0 radical (unpaired) electrons. The molecule has 5 aromatic rings. The summed E-state index contributed by atoms with van der Waals surface area (Å²) in [6, 6.07) is 22.5. The third-order valence-electron chi connectivity index (χ3n) is 5.17. The fourth-order valence-corrected chi connectivity index (χ4v) is 4.78. The van der Waals surface area contributed by atoms with Gasteiger partial charge in [0.15, 0.2) is 5.52 Å². The zero-order valence-electron chi connectivity index (χ0n) is 16.8. The lowest BCUT2D eigenvalue weighted by atomic mass is 10.0. The Morgan fingerprint density at radius 1 is 0.781 bits per heavy atom. The molecule has 5 rings (SSSR count). The van der Waals surface area contributed by atoms with Gasteiger partial charge in [0.1, 0.15) is 11.4 Å². The first-order valence-corrected chi connectivity index (χ1v) is 10.8. The van der Waals surface area contributed by atoms with Crippen molar-refractivity contribution in [2.75, 3.05) is 0 Å². The summed E-state index contributed by atoms with van der Waals surface area (Å²) in [6.07, 6.45) is 0. The number of nitrogens with zero attached hydrogens (tertiary/aromatic N) is 4. The Kier molecular flexibility index (Phi) is 5.25. The molecule has 0 aliphatic heterocycles. The number of rotatable bonds is 3. The molecule has 8 heteroatoms. The van der Waals surface area contributed by atoms with Crippen molar-refractivity contribution in [3.8, 4) is 28.2 Å². The van der Waals surface area contributed by atoms with Crippen molar-refractivity contribution in [3.05, 3.63) is 98.2 Å². The topological polar surface area (TPSA) is 52.7 Å². The molecule has 0 bridgehead atoms. The van der Waals surface area contributed by atoms with E-state index < -0.39 is 5.56 Å². The predicted molar refractivity (Wildman–Crippen MR) is 130 cm³/mol. The van der Waals surface area contributed by atoms with Crippen molar-refractivity contribution >= 4 is 45.7 Å². The van der Waals surface area contributed by atoms with E-state index in [1.807, 2.05) is 67.7 Å². The summed E-state index contributed by atoms with van der Waals surface area (Å²) in [5.41, 5.74) is 3.24. The number of aryl methyl sites for hydroxylation is 1. The van der Waals surface area contributed by atoms with Gasteiger partial charge in [-0.15, -0.1) is 0 Å². The van der Waals surface area contributed by atoms with E-state index >= 15 is 0 Å². The Balaban J connectivity index is 1.94. The summed E-state index contributed by atoms with van der Waals surface area (Å²) in [7, 11) is 1.81. The molecule has 0 amide bonds. The van der Waals surface area contributed by atoms with Gasteiger partial charge in [-0.05, 0) is 12.1 Å². The third kappa shape index (κ3) is 3.39. The van der Waals surface area contributed by atoms with E-state index in [1.165, 1.54) is 16.8 Å². The molecule has 0 N–H and O–H groups in total. The van der Waals surface area contributed by atoms with Gasteiger partial charge < -0.3 is 0 Å². The molecule has 2 heterocycles. The Bertz CT molecular complexity index is 1500. The first-order valence-electron chi connectivity index (χ1n) is 9.71. The molecule has 158 valence electrons. The second-order valence-electron chi connectivity index (χ2n) is 7.21. The second-order valence-corrected chi connectivity index (χ2v) is 8.46. The molecular weight excluding hydrogens is 467 g/mol. The molecule has 0 saturated carbocycles. The molecule has 0 spiro atoms. The number of aromatic nitrogens is 4. The minimum Gasteiger partial charge on any atom is -0.266 e. The summed E-state index contributed by atoms with van der Waals surface area (Å²) < 4.78 is 2.90. The highest BCUT2D eigenvalue weighted by molar-refractivity contribution is 6.40. The lowest BCUT2D eigenvalue weighted by Crippen LogP contribution is -2.23. The molecule has 2 aromatic heterocycles. The van der Waals surface area contributed by atoms with Crippen LogP contribution in [0, 0.1) is 0 Å². The van der Waals surface area contributed by atoms with Crippen molar-refractivity contribution in [2.24, 2.45) is 7.05 Å². The van der Waals surface area contributed by atoms with Crippen molar-refractivity contribution < 1.29 is 0 Å². The molecule has 0 aliphatic rings. The molecule has 0 saturated heterocycles. The fourth-order valence-electron chi connectivity index (χ4n) is 3.81. The van der Waals surface area contributed by atoms with E-state index in [0.29, 0.717) is 16.1 Å². The zero-order chi connectivity index (χ0) is 22.4. The van der Waals surface area contributed by atoms with Crippen molar-refractivity contribution in [1.29, 1.82) is 0 Å². The SMILES string of the molecule is Cn1nc2c(=O)n(-c3c(Cl)cc(Cl)cc3Cl)nc(-c3ccccc3)c2c1-c1ccccc1. The monoisotopic (exact) mass is 480 g/mol. The normalized spacial score (nSPS) is 11.2. The van der Waals surface area contributed by atoms with Crippen LogP contribution in [0.25, 0.3) is 39.1 Å². The summed E-state index contributed by atoms with van der Waals surface area (Å²) in [4.78, 5) is 13.6. The van der Waals surface area contributed by atoms with Crippen LogP contribution in [-0.4, -0.2) is 19.6 Å². The van der Waals surface area contributed by atoms with Gasteiger partial charge in [0, 0.05) is 23.2 Å². The van der Waals surface area contributed by atoms with Crippen molar-refractivity contribution in [1.82, 2.24) is 19.6 Å². The van der Waals surface area contributed by atoms with E-state index in [2.05, 4.69) is 5.10 Å². The van der Waals surface area contributed by atoms with Crippen LogP contribution in [0.3, 0.4) is 0 Å². The van der Waals surface area contributed by atoms with Crippen LogP contribution < -0.4 is 5.56 Å². The van der Waals surface area contributed by atoms with E-state index in [9.17, 15) is 4.79 Å². The maximum Gasteiger partial charge on any atom is 0.300 e. The fraction of sp³-hybridized carbons (Fsp3) is 0.0417. The van der Waals surface area contributed by atoms with E-state index in [4.69, 9.17) is 39.9 Å². The summed E-state index contributed by atoms with van der Waals surface area (Å²) in [5.74, 6) is 0. The molecule has 32 heavy (non-hydrogen) atoms. The predicted octanol–water partition coefficient (Wildman–Crippen LogP) is 6.41. The van der Waals surface area contributed by atoms with Gasteiger partial charge in [-0.25, -0.2) is 0 Å². The van der Waals surface area contributed by atoms with E-state index in [0.717, 1.165) is 16.8 Å². The highest BCUT2D eigenvalue weighted by atomic mass is 35.5. The van der Waals surface area contributed by atoms with Crippen LogP contribution in [0.5, 0.6) is 0 Å². The number of fused-ring (bicyclic) bond motifs is 1. The van der Waals surface area contributed by atoms with Gasteiger partial charge >= 0.3 is 0 Å². The second kappa shape index (κ2) is 8.10. The van der Waals surface area contributed by atoms with E-state index in [-0.39, 0.29) is 21.2 Å². The maximum absolute atomic E-state index is 13.6. The molecule has 0 unspecified atom stereocenters. The first kappa shape index (κ1) is 20.8. The van der Waals surface area contributed by atoms with Crippen LogP contribution >= 0.6 is 34.8 Å². The lowest BCUT2D eigenvalue weighted by molar-refractivity contribution is 0.778. The molecule has 0 aliphatic carbocycles. The third-order valence-corrected chi connectivity index (χ3v) is 5.96. The van der Waals surface area contributed by atoms with Crippen molar-refractivity contribution in [2.45, 2.75) is 0 Å². The quantitative estimate of drug-likeness (QED) is 0.299. The molecule has 0 fully saturated rings. The van der Waals surface area contributed by atoms with Crippen LogP contribution in [0.15, 0.2) is 77.6 Å². The highest BCUT2D eigenvalue weighted by Crippen LogP contribution is 2.36. The Morgan fingerprint density at radius 3 is 1.94 bits per heavy atom. The van der Waals surface area contributed by atoms with Crippen molar-refractivity contribution in [3.63, 3.8) is 0 Å². The number of hydrogen-bond acceptors (Lipinski definition) is 3. The number of benzene rings is 3. The largest absolute Gasteiger partial charge is 0.300 e. The highest BCUT2D eigenvalue weighted by Gasteiger charge is 2.24. The van der Waals surface area contributed by atoms with Gasteiger partial charge in [-0.2, -0.15) is 14.9 Å². The van der Waals surface area contributed by atoms with Crippen LogP contribution in [0.1, 0.15) is 0 Å². The number of hydrogen-bond donors (Lipinski definition) is 0. The van der Waals surface area contributed by atoms with E-state index in [1.54, 1.807) is 4.68 Å². The Labute approximate surface area is 198 Å². The molecular formula is C24H15Cl3N4O. The van der Waals surface area contributed by atoms with Gasteiger partial charge in [0.2, 0.25) is 0 Å². The van der Waals surface area contributed by atoms with Gasteiger partial charge in [0.05, 0.1) is 21.1 Å². The van der Waals surface area contributed by atoms with Crippen LogP contribution in [0.4, 0.5) is 0 Å². The number of halogens is 3. The smallest absolute Gasteiger partial charge is 0.266 e. The summed E-state index contributed by atoms with van der Waals surface area (Å²) in [6.45, 7) is 0. The summed E-state index contributed by atoms with van der Waals surface area (Å²) >= 11 is 18.9. The van der Waals surface area contributed by atoms with Crippen LogP contribution in [0.2, 0.25) is 15.1 Å². The standard InChI is InChI=1S/C24H15Cl3N4O/c1-30-22(15-10-6-3-7-11-15)19-20(14-8-4-2-5-9-14)29-31(24(32)21(19)28-30)23-17(26)12-16(25)13-18(23)27/h2-13H,1H3. The summed E-state index contributed by atoms with van der Waals surface area (Å²) in [5, 5.41) is 10.8. The average molecular weight is 482 g/mol. The average Bonchev–Trinajstić information content (AvgIpc) is 3.13. The minimum absolute atomic E-state index is 0.217. The molecule has 3 aromatic carbocycles. The Hall–Kier alpha value is -3.12. The van der Waals surface area contributed by atoms with Gasteiger partial charge in [0.25, 0.3) is 5.56 Å². The maximum atomic E-state index is 13.6. The zero-order valence-corrected chi connectivity index (χ0v) is 19.0. The Morgan fingerprint density at radius 2 is 1.34 bits per heavy atom. The first-order chi connectivity index (χ1) is 15.5.